The first-order valence-corrected chi connectivity index (χ1v) is 5.61. The van der Waals surface area contributed by atoms with E-state index in [1.807, 2.05) is 30.3 Å². The van der Waals surface area contributed by atoms with Crippen LogP contribution >= 0.6 is 12.2 Å². The monoisotopic (exact) mass is 258 g/mol. The van der Waals surface area contributed by atoms with Crippen molar-refractivity contribution in [3.05, 3.63) is 42.2 Å². The predicted octanol–water partition coefficient (Wildman–Crippen LogP) is 3.20. The van der Waals surface area contributed by atoms with Crippen LogP contribution in [0, 0.1) is 0 Å². The number of aromatic amines is 1. The van der Waals surface area contributed by atoms with Crippen LogP contribution < -0.4 is 0 Å². The normalized spacial score (nSPS) is 9.61. The Morgan fingerprint density at radius 1 is 1.39 bits per heavy atom. The van der Waals surface area contributed by atoms with Gasteiger partial charge < -0.3 is 9.72 Å². The molecule has 0 amide bonds. The minimum absolute atomic E-state index is 0.272. The quantitative estimate of drug-likeness (QED) is 0.522. The number of aromatic nitrogens is 1. The molecule has 2 aromatic rings. The number of methoxy groups -OCH3 is 1. The highest BCUT2D eigenvalue weighted by molar-refractivity contribution is 7.78. The largest absolute Gasteiger partial charge is 0.464 e. The molecular formula is C13H10N2O2S. The number of nitrogens with one attached hydrogen (secondary N) is 1. The van der Waals surface area contributed by atoms with E-state index in [-0.39, 0.29) is 5.69 Å². The van der Waals surface area contributed by atoms with Crippen molar-refractivity contribution in [1.29, 1.82) is 0 Å². The average Bonchev–Trinajstić information content (AvgIpc) is 2.83. The van der Waals surface area contributed by atoms with Gasteiger partial charge in [-0.2, -0.15) is 4.99 Å². The van der Waals surface area contributed by atoms with Crippen molar-refractivity contribution in [2.75, 3.05) is 7.11 Å². The van der Waals surface area contributed by atoms with Crippen LogP contribution in [0.2, 0.25) is 0 Å². The number of thiocarbonyl (C=S) groups is 1. The Bertz CT molecular complexity index is 613. The van der Waals surface area contributed by atoms with E-state index < -0.39 is 5.97 Å². The lowest BCUT2D eigenvalue weighted by atomic mass is 10.1. The second-order valence-corrected chi connectivity index (χ2v) is 3.67. The van der Waals surface area contributed by atoms with E-state index in [0.717, 1.165) is 11.1 Å². The molecule has 1 aromatic carbocycles. The fraction of sp³-hybridized carbons (Fsp3) is 0.0769. The van der Waals surface area contributed by atoms with Crippen LogP contribution in [0.3, 0.4) is 0 Å². The van der Waals surface area contributed by atoms with Crippen LogP contribution in [0.5, 0.6) is 0 Å². The van der Waals surface area contributed by atoms with Gasteiger partial charge in [-0.3, -0.25) is 0 Å². The van der Waals surface area contributed by atoms with Gasteiger partial charge in [-0.05, 0) is 17.8 Å². The molecule has 0 unspecified atom stereocenters. The molecule has 1 N–H and O–H groups in total. The number of isothiocyanates is 1. The number of rotatable bonds is 3. The van der Waals surface area contributed by atoms with Crippen molar-refractivity contribution in [3.8, 4) is 11.1 Å². The summed E-state index contributed by atoms with van der Waals surface area (Å²) in [5.74, 6) is -0.485. The zero-order chi connectivity index (χ0) is 13.0. The summed E-state index contributed by atoms with van der Waals surface area (Å²) in [6.07, 6.45) is 1.70. The summed E-state index contributed by atoms with van der Waals surface area (Å²) >= 11 is 4.61. The summed E-state index contributed by atoms with van der Waals surface area (Å²) < 4.78 is 4.68. The third-order valence-corrected chi connectivity index (χ3v) is 2.58. The van der Waals surface area contributed by atoms with E-state index in [4.69, 9.17) is 0 Å². The molecule has 0 bridgehead atoms. The molecule has 90 valence electrons. The molecule has 0 fully saturated rings. The number of nitrogens with zero attached hydrogens (tertiary/aromatic N) is 1. The lowest BCUT2D eigenvalue weighted by Gasteiger charge is -2.00. The molecular weight excluding hydrogens is 248 g/mol. The summed E-state index contributed by atoms with van der Waals surface area (Å²) in [6.45, 7) is 0. The first kappa shape index (κ1) is 12.2. The molecule has 0 aliphatic heterocycles. The highest BCUT2D eigenvalue weighted by Gasteiger charge is 2.18. The van der Waals surface area contributed by atoms with Crippen LogP contribution in [-0.2, 0) is 4.74 Å². The number of hydrogen-bond acceptors (Lipinski definition) is 4. The van der Waals surface area contributed by atoms with E-state index >= 15 is 0 Å². The van der Waals surface area contributed by atoms with Crippen LogP contribution in [0.1, 0.15) is 10.5 Å². The molecule has 2 rings (SSSR count). The summed E-state index contributed by atoms with van der Waals surface area (Å²) in [7, 11) is 1.32. The number of H-pyrrole nitrogens is 1. The molecule has 0 aliphatic rings. The third kappa shape index (κ3) is 2.22. The number of aliphatic imine (C=N–C) groups is 1. The Hall–Kier alpha value is -2.23. The van der Waals surface area contributed by atoms with Gasteiger partial charge in [0, 0.05) is 11.8 Å². The topological polar surface area (TPSA) is 54.5 Å². The molecule has 5 heteroatoms. The standard InChI is InChI=1S/C13H10N2O2S/c1-17-13(16)12-11(15-8-18)10(7-14-12)9-5-3-2-4-6-9/h2-7,14H,1H3. The van der Waals surface area contributed by atoms with Crippen molar-refractivity contribution in [1.82, 2.24) is 4.98 Å². The van der Waals surface area contributed by atoms with Gasteiger partial charge in [0.25, 0.3) is 0 Å². The van der Waals surface area contributed by atoms with Crippen molar-refractivity contribution in [2.45, 2.75) is 0 Å². The molecule has 0 radical (unpaired) electrons. The number of ether oxygens (including phenoxy) is 1. The van der Waals surface area contributed by atoms with E-state index in [0.29, 0.717) is 5.69 Å². The minimum Gasteiger partial charge on any atom is -0.464 e. The van der Waals surface area contributed by atoms with Gasteiger partial charge in [0.15, 0.2) is 5.69 Å². The summed E-state index contributed by atoms with van der Waals surface area (Å²) in [5.41, 5.74) is 2.44. The Balaban J connectivity index is 2.59. The lowest BCUT2D eigenvalue weighted by molar-refractivity contribution is 0.0596. The van der Waals surface area contributed by atoms with Crippen LogP contribution in [-0.4, -0.2) is 23.2 Å². The maximum Gasteiger partial charge on any atom is 0.356 e. The Kier molecular flexibility index (Phi) is 3.67. The average molecular weight is 258 g/mol. The molecule has 1 heterocycles. The SMILES string of the molecule is COC(=O)c1[nH]cc(-c2ccccc2)c1N=C=S. The van der Waals surface area contributed by atoms with Gasteiger partial charge in [0.05, 0.1) is 12.3 Å². The summed E-state index contributed by atoms with van der Waals surface area (Å²) in [4.78, 5) is 18.4. The maximum absolute atomic E-state index is 11.6. The Labute approximate surface area is 109 Å². The molecule has 4 nitrogen and oxygen atoms in total. The van der Waals surface area contributed by atoms with E-state index in [1.165, 1.54) is 7.11 Å². The highest BCUT2D eigenvalue weighted by atomic mass is 32.1. The highest BCUT2D eigenvalue weighted by Crippen LogP contribution is 2.33. The predicted molar refractivity (Wildman–Crippen MR) is 72.3 cm³/mol. The van der Waals surface area contributed by atoms with E-state index in [9.17, 15) is 4.79 Å². The van der Waals surface area contributed by atoms with Gasteiger partial charge in [-0.25, -0.2) is 4.79 Å². The molecule has 18 heavy (non-hydrogen) atoms. The summed E-state index contributed by atoms with van der Waals surface area (Å²) in [5, 5.41) is 2.28. The third-order valence-electron chi connectivity index (χ3n) is 2.48. The zero-order valence-electron chi connectivity index (χ0n) is 9.64. The number of benzene rings is 1. The number of carbonyl (C=O) groups excluding carboxylic acids is 1. The molecule has 0 aliphatic carbocycles. The van der Waals surface area contributed by atoms with Gasteiger partial charge >= 0.3 is 5.97 Å². The molecule has 1 aromatic heterocycles. The van der Waals surface area contributed by atoms with Gasteiger partial charge in [0.2, 0.25) is 0 Å². The van der Waals surface area contributed by atoms with Crippen LogP contribution in [0.15, 0.2) is 41.5 Å². The second-order valence-electron chi connectivity index (χ2n) is 3.49. The fourth-order valence-electron chi connectivity index (χ4n) is 1.67. The molecule has 0 saturated carbocycles. The second kappa shape index (κ2) is 5.40. The fourth-order valence-corrected chi connectivity index (χ4v) is 1.76. The van der Waals surface area contributed by atoms with E-state index in [1.54, 1.807) is 6.20 Å². The molecule has 0 atom stereocenters. The summed E-state index contributed by atoms with van der Waals surface area (Å²) in [6, 6.07) is 9.58. The van der Waals surface area contributed by atoms with Crippen molar-refractivity contribution in [3.63, 3.8) is 0 Å². The first-order valence-electron chi connectivity index (χ1n) is 5.21. The van der Waals surface area contributed by atoms with Gasteiger partial charge in [-0.15, -0.1) is 0 Å². The van der Waals surface area contributed by atoms with Crippen molar-refractivity contribution in [2.24, 2.45) is 4.99 Å². The van der Waals surface area contributed by atoms with Gasteiger partial charge in [0.1, 0.15) is 5.69 Å². The Morgan fingerprint density at radius 3 is 2.72 bits per heavy atom. The van der Waals surface area contributed by atoms with Crippen LogP contribution in [0.4, 0.5) is 5.69 Å². The molecule has 0 spiro atoms. The minimum atomic E-state index is -0.485. The zero-order valence-corrected chi connectivity index (χ0v) is 10.5. The smallest absolute Gasteiger partial charge is 0.356 e. The number of carbonyl (C=O) groups is 1. The number of hydrogen-bond donors (Lipinski definition) is 1. The Morgan fingerprint density at radius 2 is 2.11 bits per heavy atom. The number of esters is 1. The van der Waals surface area contributed by atoms with Crippen LogP contribution in [0.25, 0.3) is 11.1 Å². The maximum atomic E-state index is 11.6. The van der Waals surface area contributed by atoms with Crippen molar-refractivity contribution >= 4 is 29.0 Å². The molecule has 0 saturated heterocycles. The van der Waals surface area contributed by atoms with E-state index in [2.05, 4.69) is 32.1 Å². The van der Waals surface area contributed by atoms with Gasteiger partial charge in [-0.1, -0.05) is 30.3 Å². The van der Waals surface area contributed by atoms with Crippen molar-refractivity contribution < 1.29 is 9.53 Å². The first-order chi connectivity index (χ1) is 8.77. The lowest BCUT2D eigenvalue weighted by Crippen LogP contribution is -2.01.